The van der Waals surface area contributed by atoms with Crippen LogP contribution in [-0.2, 0) is 0 Å². The number of likely N-dealkylation sites (tertiary alicyclic amines) is 1. The van der Waals surface area contributed by atoms with Crippen LogP contribution >= 0.6 is 0 Å². The maximum Gasteiger partial charge on any atom is 0.00700 e. The standard InChI is InChI=1S/C14H28N2/c1-3-14-10-13(9-12(2)15-14)11-16-7-5-4-6-8-16/h12-15H,3-11H2,1-2H3. The zero-order valence-corrected chi connectivity index (χ0v) is 11.0. The molecular formula is C14H28N2. The molecule has 2 saturated heterocycles. The van der Waals surface area contributed by atoms with Crippen molar-refractivity contribution in [2.75, 3.05) is 19.6 Å². The fraction of sp³-hybridized carbons (Fsp3) is 1.00. The van der Waals surface area contributed by atoms with Gasteiger partial charge in [-0.1, -0.05) is 13.3 Å². The van der Waals surface area contributed by atoms with Gasteiger partial charge in [0.2, 0.25) is 0 Å². The first-order chi connectivity index (χ1) is 7.78. The Morgan fingerprint density at radius 1 is 1.12 bits per heavy atom. The van der Waals surface area contributed by atoms with E-state index in [1.807, 2.05) is 0 Å². The van der Waals surface area contributed by atoms with Crippen LogP contribution in [0, 0.1) is 5.92 Å². The zero-order chi connectivity index (χ0) is 11.4. The number of hydrogen-bond donors (Lipinski definition) is 1. The molecule has 2 aliphatic heterocycles. The summed E-state index contributed by atoms with van der Waals surface area (Å²) in [6.45, 7) is 8.74. The molecule has 2 heterocycles. The summed E-state index contributed by atoms with van der Waals surface area (Å²) in [7, 11) is 0. The van der Waals surface area contributed by atoms with Crippen LogP contribution in [0.2, 0.25) is 0 Å². The molecule has 0 saturated carbocycles. The van der Waals surface area contributed by atoms with E-state index in [0.29, 0.717) is 0 Å². The Labute approximate surface area is 101 Å². The highest BCUT2D eigenvalue weighted by molar-refractivity contribution is 4.84. The maximum absolute atomic E-state index is 3.71. The van der Waals surface area contributed by atoms with E-state index in [0.717, 1.165) is 18.0 Å². The molecule has 1 N–H and O–H groups in total. The number of hydrogen-bond acceptors (Lipinski definition) is 2. The molecule has 2 nitrogen and oxygen atoms in total. The molecule has 2 heteroatoms. The summed E-state index contributed by atoms with van der Waals surface area (Å²) in [5.41, 5.74) is 0. The first-order valence-electron chi connectivity index (χ1n) is 7.26. The van der Waals surface area contributed by atoms with Crippen molar-refractivity contribution >= 4 is 0 Å². The van der Waals surface area contributed by atoms with Gasteiger partial charge in [0, 0.05) is 18.6 Å². The second kappa shape index (κ2) is 6.02. The van der Waals surface area contributed by atoms with Gasteiger partial charge in [-0.15, -0.1) is 0 Å². The molecule has 0 aliphatic carbocycles. The Bertz CT molecular complexity index is 199. The molecule has 2 aliphatic rings. The highest BCUT2D eigenvalue weighted by Crippen LogP contribution is 2.24. The predicted molar refractivity (Wildman–Crippen MR) is 69.7 cm³/mol. The maximum atomic E-state index is 3.71. The van der Waals surface area contributed by atoms with Gasteiger partial charge in [-0.3, -0.25) is 0 Å². The molecule has 0 aromatic heterocycles. The van der Waals surface area contributed by atoms with E-state index in [2.05, 4.69) is 24.1 Å². The average Bonchev–Trinajstić information content (AvgIpc) is 2.29. The van der Waals surface area contributed by atoms with Gasteiger partial charge in [-0.05, 0) is 58.0 Å². The molecule has 16 heavy (non-hydrogen) atoms. The van der Waals surface area contributed by atoms with Gasteiger partial charge < -0.3 is 10.2 Å². The lowest BCUT2D eigenvalue weighted by Gasteiger charge is -2.38. The summed E-state index contributed by atoms with van der Waals surface area (Å²) in [6.07, 6.45) is 8.39. The summed E-state index contributed by atoms with van der Waals surface area (Å²) in [4.78, 5) is 2.71. The minimum atomic E-state index is 0.730. The normalized spacial score (nSPS) is 37.5. The number of piperidine rings is 2. The molecule has 2 fully saturated rings. The minimum Gasteiger partial charge on any atom is -0.311 e. The Morgan fingerprint density at radius 2 is 1.88 bits per heavy atom. The Kier molecular flexibility index (Phi) is 4.66. The van der Waals surface area contributed by atoms with Gasteiger partial charge in [-0.25, -0.2) is 0 Å². The van der Waals surface area contributed by atoms with E-state index in [1.54, 1.807) is 0 Å². The van der Waals surface area contributed by atoms with Crippen molar-refractivity contribution in [2.24, 2.45) is 5.92 Å². The fourth-order valence-electron chi connectivity index (χ4n) is 3.48. The molecule has 0 aromatic rings. The third kappa shape index (κ3) is 3.46. The lowest BCUT2D eigenvalue weighted by Crippen LogP contribution is -2.47. The van der Waals surface area contributed by atoms with E-state index in [4.69, 9.17) is 0 Å². The molecule has 0 radical (unpaired) electrons. The zero-order valence-electron chi connectivity index (χ0n) is 11.0. The summed E-state index contributed by atoms with van der Waals surface area (Å²) in [5.74, 6) is 0.944. The smallest absolute Gasteiger partial charge is 0.00700 e. The molecular weight excluding hydrogens is 196 g/mol. The molecule has 2 rings (SSSR count). The lowest BCUT2D eigenvalue weighted by atomic mass is 9.86. The lowest BCUT2D eigenvalue weighted by molar-refractivity contribution is 0.150. The van der Waals surface area contributed by atoms with Crippen LogP contribution < -0.4 is 5.32 Å². The van der Waals surface area contributed by atoms with Crippen molar-refractivity contribution < 1.29 is 0 Å². The first-order valence-corrected chi connectivity index (χ1v) is 7.26. The molecule has 0 bridgehead atoms. The first kappa shape index (κ1) is 12.4. The summed E-state index contributed by atoms with van der Waals surface area (Å²) in [5, 5.41) is 3.71. The minimum absolute atomic E-state index is 0.730. The largest absolute Gasteiger partial charge is 0.311 e. The molecule has 3 unspecified atom stereocenters. The third-order valence-corrected chi connectivity index (χ3v) is 4.28. The Balaban J connectivity index is 1.78. The quantitative estimate of drug-likeness (QED) is 0.793. The van der Waals surface area contributed by atoms with E-state index in [9.17, 15) is 0 Å². The van der Waals surface area contributed by atoms with Crippen LogP contribution in [0.3, 0.4) is 0 Å². The van der Waals surface area contributed by atoms with E-state index >= 15 is 0 Å². The second-order valence-electron chi connectivity index (χ2n) is 5.87. The third-order valence-electron chi connectivity index (χ3n) is 4.28. The van der Waals surface area contributed by atoms with Gasteiger partial charge >= 0.3 is 0 Å². The molecule has 0 aromatic carbocycles. The number of nitrogens with zero attached hydrogens (tertiary/aromatic N) is 1. The van der Waals surface area contributed by atoms with Crippen LogP contribution in [0.25, 0.3) is 0 Å². The molecule has 0 amide bonds. The van der Waals surface area contributed by atoms with Gasteiger partial charge in [0.1, 0.15) is 0 Å². The van der Waals surface area contributed by atoms with Crippen molar-refractivity contribution in [1.29, 1.82) is 0 Å². The highest BCUT2D eigenvalue weighted by atomic mass is 15.1. The van der Waals surface area contributed by atoms with Gasteiger partial charge in [-0.2, -0.15) is 0 Å². The van der Waals surface area contributed by atoms with Crippen LogP contribution in [0.15, 0.2) is 0 Å². The molecule has 94 valence electrons. The molecule has 0 spiro atoms. The summed E-state index contributed by atoms with van der Waals surface area (Å²) < 4.78 is 0. The van der Waals surface area contributed by atoms with Crippen LogP contribution in [0.4, 0.5) is 0 Å². The van der Waals surface area contributed by atoms with Gasteiger partial charge in [0.15, 0.2) is 0 Å². The second-order valence-corrected chi connectivity index (χ2v) is 5.87. The number of rotatable bonds is 3. The Hall–Kier alpha value is -0.0800. The van der Waals surface area contributed by atoms with E-state index in [-0.39, 0.29) is 0 Å². The molecule has 3 atom stereocenters. The van der Waals surface area contributed by atoms with Crippen molar-refractivity contribution in [2.45, 2.75) is 64.5 Å². The summed E-state index contributed by atoms with van der Waals surface area (Å²) in [6, 6.07) is 1.51. The topological polar surface area (TPSA) is 15.3 Å². The van der Waals surface area contributed by atoms with Crippen molar-refractivity contribution in [3.05, 3.63) is 0 Å². The fourth-order valence-corrected chi connectivity index (χ4v) is 3.48. The van der Waals surface area contributed by atoms with Crippen molar-refractivity contribution in [3.8, 4) is 0 Å². The summed E-state index contributed by atoms with van der Waals surface area (Å²) >= 11 is 0. The van der Waals surface area contributed by atoms with E-state index < -0.39 is 0 Å². The highest BCUT2D eigenvalue weighted by Gasteiger charge is 2.26. The predicted octanol–water partition coefficient (Wildman–Crippen LogP) is 2.64. The van der Waals surface area contributed by atoms with E-state index in [1.165, 1.54) is 58.2 Å². The van der Waals surface area contributed by atoms with Crippen LogP contribution in [0.1, 0.15) is 52.4 Å². The number of nitrogens with one attached hydrogen (secondary N) is 1. The SMILES string of the molecule is CCC1CC(CN2CCCCC2)CC(C)N1. The van der Waals surface area contributed by atoms with Gasteiger partial charge in [0.05, 0.1) is 0 Å². The van der Waals surface area contributed by atoms with Crippen molar-refractivity contribution in [1.82, 2.24) is 10.2 Å². The average molecular weight is 224 g/mol. The van der Waals surface area contributed by atoms with Crippen LogP contribution in [0.5, 0.6) is 0 Å². The van der Waals surface area contributed by atoms with Crippen LogP contribution in [-0.4, -0.2) is 36.6 Å². The van der Waals surface area contributed by atoms with Crippen molar-refractivity contribution in [3.63, 3.8) is 0 Å². The monoisotopic (exact) mass is 224 g/mol. The Morgan fingerprint density at radius 3 is 2.56 bits per heavy atom. The van der Waals surface area contributed by atoms with Gasteiger partial charge in [0.25, 0.3) is 0 Å².